The zero-order valence-electron chi connectivity index (χ0n) is 48.6. The van der Waals surface area contributed by atoms with Gasteiger partial charge in [0.15, 0.2) is 0 Å². The molecule has 2 nitrogen and oxygen atoms in total. The molecule has 15 aromatic carbocycles. The van der Waals surface area contributed by atoms with Crippen molar-refractivity contribution in [2.24, 2.45) is 0 Å². The maximum absolute atomic E-state index is 4.57. The summed E-state index contributed by atoms with van der Waals surface area (Å²) in [5.41, 5.74) is 22.5. The number of hydrogen-bond donors (Lipinski definition) is 0. The molecule has 0 aromatic heterocycles. The quantitative estimate of drug-likeness (QED) is 0.100. The van der Waals surface area contributed by atoms with Crippen LogP contribution in [0.2, 0.25) is 0 Å². The van der Waals surface area contributed by atoms with Gasteiger partial charge in [0, 0.05) is 34.1 Å². The lowest BCUT2D eigenvalue weighted by molar-refractivity contribution is 1.28. The summed E-state index contributed by atoms with van der Waals surface area (Å²) in [6.07, 6.45) is 4.07. The number of para-hydroxylation sites is 2. The van der Waals surface area contributed by atoms with E-state index in [0.29, 0.717) is 0 Å². The zero-order valence-corrected chi connectivity index (χ0v) is 48.6. The molecule has 15 rings (SSSR count). The third-order valence-corrected chi connectivity index (χ3v) is 17.3. The summed E-state index contributed by atoms with van der Waals surface area (Å²) in [6, 6.07) is 119. The average Bonchev–Trinajstić information content (AvgIpc) is 1.27. The molecule has 0 aliphatic rings. The lowest BCUT2D eigenvalue weighted by Crippen LogP contribution is -2.10. The lowest BCUT2D eigenvalue weighted by Gasteiger charge is -2.27. The summed E-state index contributed by atoms with van der Waals surface area (Å²) < 4.78 is 0. The van der Waals surface area contributed by atoms with E-state index in [-0.39, 0.29) is 0 Å². The maximum Gasteiger partial charge on any atom is 0.0467 e. The smallest absolute Gasteiger partial charge is 0.0467 e. The molecule has 0 saturated carbocycles. The van der Waals surface area contributed by atoms with Crippen molar-refractivity contribution in [2.75, 3.05) is 9.80 Å². The van der Waals surface area contributed by atoms with Crippen LogP contribution in [0.5, 0.6) is 0 Å². The zero-order chi connectivity index (χ0) is 58.9. The summed E-state index contributed by atoms with van der Waals surface area (Å²) in [7, 11) is 0. The first kappa shape index (κ1) is 53.2. The number of hydrogen-bond acceptors (Lipinski definition) is 2. The van der Waals surface area contributed by atoms with Crippen LogP contribution in [0.15, 0.2) is 341 Å². The van der Waals surface area contributed by atoms with Gasteiger partial charge in [0.25, 0.3) is 0 Å². The Balaban J connectivity index is 0.877. The summed E-state index contributed by atoms with van der Waals surface area (Å²) >= 11 is 0. The molecular formula is C86H60N2. The second-order valence-corrected chi connectivity index (χ2v) is 22.4. The van der Waals surface area contributed by atoms with E-state index in [1.807, 2.05) is 12.2 Å². The van der Waals surface area contributed by atoms with Crippen molar-refractivity contribution in [1.82, 2.24) is 0 Å². The van der Waals surface area contributed by atoms with Gasteiger partial charge in [-0.1, -0.05) is 280 Å². The Hall–Kier alpha value is -11.6. The van der Waals surface area contributed by atoms with Crippen molar-refractivity contribution >= 4 is 89.4 Å². The third-order valence-electron chi connectivity index (χ3n) is 17.3. The van der Waals surface area contributed by atoms with Gasteiger partial charge in [-0.15, -0.1) is 0 Å². The molecule has 0 radical (unpaired) electrons. The molecule has 0 N–H and O–H groups in total. The molecule has 0 spiro atoms. The van der Waals surface area contributed by atoms with E-state index in [1.54, 1.807) is 0 Å². The van der Waals surface area contributed by atoms with Crippen LogP contribution in [0.1, 0.15) is 11.1 Å². The van der Waals surface area contributed by atoms with E-state index >= 15 is 0 Å². The second kappa shape index (κ2) is 23.1. The van der Waals surface area contributed by atoms with Crippen LogP contribution in [0.3, 0.4) is 0 Å². The number of nitrogens with zero attached hydrogens (tertiary/aromatic N) is 2. The standard InChI is InChI=1S/C86H60N2/c1-3-71-72(4-2)85(80-48-20-17-45-77(80)83(71)63-35-25-43-69(57-63)87(65-37-13-7-14-38-65)67-41-23-33-61(55-67)59-29-9-5-10-30-59)75-53-27-52-74-73(75)51-28-54-76(74)86-81-49-21-18-46-78(81)84(79-47-19-22-50-82(79)86)64-36-26-44-70(58-64)88(66-39-15-8-16-40-66)68-42-24-34-62(56-68)60-31-11-6-12-32-60/h3-58H,1-2H2. The highest BCUT2D eigenvalue weighted by Crippen LogP contribution is 2.50. The van der Waals surface area contributed by atoms with E-state index in [2.05, 4.69) is 351 Å². The SMILES string of the molecule is C=Cc1c(C=C)c(-c2cccc3c(-c4c5ccccc5c(-c5cccc(N(c6ccccc6)c6cccc(-c7ccccc7)c6)c5)c5ccccc45)cccc23)c2ccccc2c1-c1cccc(N(c2ccccc2)c2cccc(-c3ccccc3)c2)c1. The Morgan fingerprint density at radius 3 is 0.864 bits per heavy atom. The fraction of sp³-hybridized carbons (Fsp3) is 0. The van der Waals surface area contributed by atoms with Gasteiger partial charge in [0.05, 0.1) is 0 Å². The molecule has 88 heavy (non-hydrogen) atoms. The van der Waals surface area contributed by atoms with Crippen molar-refractivity contribution in [3.05, 3.63) is 352 Å². The number of benzene rings is 15. The van der Waals surface area contributed by atoms with Crippen molar-refractivity contribution in [3.63, 3.8) is 0 Å². The summed E-state index contributed by atoms with van der Waals surface area (Å²) in [5.74, 6) is 0. The molecule has 0 heterocycles. The summed E-state index contributed by atoms with van der Waals surface area (Å²) in [4.78, 5) is 4.73. The van der Waals surface area contributed by atoms with E-state index in [1.165, 1.54) is 60.3 Å². The van der Waals surface area contributed by atoms with Crippen LogP contribution in [-0.2, 0) is 0 Å². The molecule has 0 aliphatic heterocycles. The van der Waals surface area contributed by atoms with Crippen LogP contribution in [0.25, 0.3) is 122 Å². The molecule has 414 valence electrons. The largest absolute Gasteiger partial charge is 0.310 e. The van der Waals surface area contributed by atoms with Gasteiger partial charge in [0.1, 0.15) is 0 Å². The van der Waals surface area contributed by atoms with Crippen molar-refractivity contribution < 1.29 is 0 Å². The minimum absolute atomic E-state index is 1.04. The first-order valence-corrected chi connectivity index (χ1v) is 30.1. The topological polar surface area (TPSA) is 6.48 Å². The van der Waals surface area contributed by atoms with Crippen LogP contribution < -0.4 is 9.80 Å². The summed E-state index contributed by atoms with van der Waals surface area (Å²) in [5, 5.41) is 9.42. The molecule has 0 fully saturated rings. The summed E-state index contributed by atoms with van der Waals surface area (Å²) in [6.45, 7) is 9.13. The predicted molar refractivity (Wildman–Crippen MR) is 379 cm³/mol. The second-order valence-electron chi connectivity index (χ2n) is 22.4. The highest BCUT2D eigenvalue weighted by molar-refractivity contribution is 6.25. The number of fused-ring (bicyclic) bond motifs is 4. The highest BCUT2D eigenvalue weighted by Gasteiger charge is 2.25. The molecule has 0 bridgehead atoms. The van der Waals surface area contributed by atoms with E-state index in [4.69, 9.17) is 0 Å². The average molecular weight is 1120 g/mol. The molecule has 0 amide bonds. The van der Waals surface area contributed by atoms with Crippen molar-refractivity contribution in [3.8, 4) is 66.8 Å². The minimum atomic E-state index is 1.04. The molecule has 0 saturated heterocycles. The van der Waals surface area contributed by atoms with Crippen molar-refractivity contribution in [2.45, 2.75) is 0 Å². The Kier molecular flexibility index (Phi) is 14.0. The van der Waals surface area contributed by atoms with Crippen LogP contribution >= 0.6 is 0 Å². The first-order chi connectivity index (χ1) is 43.6. The van der Waals surface area contributed by atoms with Gasteiger partial charge in [-0.3, -0.25) is 0 Å². The Morgan fingerprint density at radius 1 is 0.193 bits per heavy atom. The molecule has 0 atom stereocenters. The van der Waals surface area contributed by atoms with Crippen LogP contribution in [0.4, 0.5) is 34.1 Å². The minimum Gasteiger partial charge on any atom is -0.310 e. The monoisotopic (exact) mass is 1120 g/mol. The molecule has 0 unspecified atom stereocenters. The lowest BCUT2D eigenvalue weighted by atomic mass is 9.81. The fourth-order valence-electron chi connectivity index (χ4n) is 13.5. The fourth-order valence-corrected chi connectivity index (χ4v) is 13.5. The number of anilines is 6. The highest BCUT2D eigenvalue weighted by atomic mass is 15.1. The molecular weight excluding hydrogens is 1060 g/mol. The van der Waals surface area contributed by atoms with E-state index < -0.39 is 0 Å². The van der Waals surface area contributed by atoms with Gasteiger partial charge in [-0.2, -0.15) is 0 Å². The van der Waals surface area contributed by atoms with E-state index in [9.17, 15) is 0 Å². The van der Waals surface area contributed by atoms with E-state index in [0.717, 1.165) is 94.8 Å². The predicted octanol–water partition coefficient (Wildman–Crippen LogP) is 24.5. The molecule has 2 heteroatoms. The molecule has 15 aromatic rings. The first-order valence-electron chi connectivity index (χ1n) is 30.1. The Labute approximate surface area is 514 Å². The van der Waals surface area contributed by atoms with Gasteiger partial charge in [-0.25, -0.2) is 0 Å². The van der Waals surface area contributed by atoms with Gasteiger partial charge >= 0.3 is 0 Å². The van der Waals surface area contributed by atoms with Gasteiger partial charge in [-0.05, 0) is 194 Å². The third kappa shape index (κ3) is 9.51. The van der Waals surface area contributed by atoms with Gasteiger partial charge in [0.2, 0.25) is 0 Å². The Morgan fingerprint density at radius 2 is 0.455 bits per heavy atom. The normalized spacial score (nSPS) is 11.3. The molecule has 0 aliphatic carbocycles. The Bertz CT molecular complexity index is 5070. The maximum atomic E-state index is 4.57. The van der Waals surface area contributed by atoms with Crippen LogP contribution in [-0.4, -0.2) is 0 Å². The van der Waals surface area contributed by atoms with Crippen molar-refractivity contribution in [1.29, 1.82) is 0 Å². The number of rotatable bonds is 14. The van der Waals surface area contributed by atoms with Crippen LogP contribution in [0, 0.1) is 0 Å². The van der Waals surface area contributed by atoms with Gasteiger partial charge < -0.3 is 9.80 Å².